The number of piperidine rings is 1. The van der Waals surface area contributed by atoms with E-state index in [0.29, 0.717) is 19.1 Å². The number of carbonyl (C=O) groups is 1. The Morgan fingerprint density at radius 2 is 2.23 bits per heavy atom. The first kappa shape index (κ1) is 15.3. The first-order valence-corrected chi connectivity index (χ1v) is 8.00. The Labute approximate surface area is 131 Å². The van der Waals surface area contributed by atoms with Gasteiger partial charge in [0.05, 0.1) is 12.7 Å². The van der Waals surface area contributed by atoms with Crippen LogP contribution in [0, 0.1) is 5.92 Å². The van der Waals surface area contributed by atoms with Crippen molar-refractivity contribution in [3.8, 4) is 0 Å². The van der Waals surface area contributed by atoms with Gasteiger partial charge in [0.2, 0.25) is 5.91 Å². The van der Waals surface area contributed by atoms with Crippen LogP contribution >= 0.6 is 0 Å². The molecule has 5 nitrogen and oxygen atoms in total. The molecule has 1 amide bonds. The topological polar surface area (TPSA) is 50.8 Å². The van der Waals surface area contributed by atoms with E-state index in [1.807, 2.05) is 6.07 Å². The molecule has 1 N–H and O–H groups in total. The van der Waals surface area contributed by atoms with Crippen LogP contribution in [-0.2, 0) is 14.3 Å². The lowest BCUT2D eigenvalue weighted by Crippen LogP contribution is -2.42. The van der Waals surface area contributed by atoms with Gasteiger partial charge in [-0.2, -0.15) is 0 Å². The van der Waals surface area contributed by atoms with Crippen molar-refractivity contribution < 1.29 is 14.3 Å². The molecule has 3 rings (SSSR count). The van der Waals surface area contributed by atoms with E-state index in [2.05, 4.69) is 34.5 Å². The van der Waals surface area contributed by atoms with Gasteiger partial charge in [0.25, 0.3) is 0 Å². The average molecular weight is 304 g/mol. The van der Waals surface area contributed by atoms with Crippen LogP contribution in [-0.4, -0.2) is 51.5 Å². The zero-order valence-corrected chi connectivity index (χ0v) is 13.0. The zero-order chi connectivity index (χ0) is 15.4. The van der Waals surface area contributed by atoms with Crippen LogP contribution in [0.4, 0.5) is 5.69 Å². The van der Waals surface area contributed by atoms with E-state index in [9.17, 15) is 4.79 Å². The molecule has 1 aromatic rings. The van der Waals surface area contributed by atoms with Crippen LogP contribution in [0.15, 0.2) is 30.3 Å². The minimum atomic E-state index is -0.303. The van der Waals surface area contributed by atoms with Crippen LogP contribution in [0.2, 0.25) is 0 Å². The van der Waals surface area contributed by atoms with Crippen molar-refractivity contribution in [3.05, 3.63) is 30.3 Å². The zero-order valence-electron chi connectivity index (χ0n) is 13.0. The summed E-state index contributed by atoms with van der Waals surface area (Å²) in [5.41, 5.74) is 1.23. The summed E-state index contributed by atoms with van der Waals surface area (Å²) < 4.78 is 11.0. The third-order valence-corrected chi connectivity index (χ3v) is 4.57. The number of para-hydroxylation sites is 1. The quantitative estimate of drug-likeness (QED) is 0.836. The highest BCUT2D eigenvalue weighted by molar-refractivity contribution is 5.81. The molecule has 3 atom stereocenters. The van der Waals surface area contributed by atoms with Gasteiger partial charge in [0.1, 0.15) is 6.10 Å². The summed E-state index contributed by atoms with van der Waals surface area (Å²) in [6.07, 6.45) is 1.78. The fourth-order valence-electron chi connectivity index (χ4n) is 3.36. The average Bonchev–Trinajstić information content (AvgIpc) is 2.99. The van der Waals surface area contributed by atoms with Crippen molar-refractivity contribution in [3.63, 3.8) is 0 Å². The normalized spacial score (nSPS) is 27.5. The number of rotatable bonds is 5. The number of ether oxygens (including phenoxy) is 2. The lowest BCUT2D eigenvalue weighted by Gasteiger charge is -2.35. The Morgan fingerprint density at radius 1 is 1.41 bits per heavy atom. The van der Waals surface area contributed by atoms with E-state index in [4.69, 9.17) is 9.47 Å². The molecule has 1 aromatic carbocycles. The van der Waals surface area contributed by atoms with Gasteiger partial charge in [-0.3, -0.25) is 4.79 Å². The minimum absolute atomic E-state index is 0.00212. The monoisotopic (exact) mass is 304 g/mol. The number of carbonyl (C=O) groups excluding carboxylic acids is 1. The summed E-state index contributed by atoms with van der Waals surface area (Å²) in [5, 5.41) is 2.88. The van der Waals surface area contributed by atoms with Gasteiger partial charge in [-0.1, -0.05) is 18.2 Å². The smallest absolute Gasteiger partial charge is 0.249 e. The number of anilines is 1. The van der Waals surface area contributed by atoms with Gasteiger partial charge >= 0.3 is 0 Å². The van der Waals surface area contributed by atoms with Crippen molar-refractivity contribution in [2.24, 2.45) is 5.92 Å². The Morgan fingerprint density at radius 3 is 3.00 bits per heavy atom. The largest absolute Gasteiger partial charge is 0.383 e. The molecule has 2 saturated heterocycles. The van der Waals surface area contributed by atoms with Gasteiger partial charge in [-0.15, -0.1) is 0 Å². The summed E-state index contributed by atoms with van der Waals surface area (Å²) in [6.45, 7) is 2.98. The molecule has 2 aliphatic heterocycles. The molecular weight excluding hydrogens is 280 g/mol. The minimum Gasteiger partial charge on any atom is -0.383 e. The maximum atomic E-state index is 12.1. The number of amides is 1. The molecule has 0 saturated carbocycles. The van der Waals surface area contributed by atoms with Gasteiger partial charge in [-0.05, 0) is 30.9 Å². The Balaban J connectivity index is 1.54. The van der Waals surface area contributed by atoms with Crippen molar-refractivity contribution in [1.29, 1.82) is 0 Å². The second kappa shape index (κ2) is 7.11. The SMILES string of the molecule is COCCNC(=O)[C@H]1C[C@@H]2CCN(c3ccccc3)C[C@H]2O1. The second-order valence-corrected chi connectivity index (χ2v) is 6.01. The Bertz CT molecular complexity index is 494. The number of nitrogens with one attached hydrogen (secondary N) is 1. The van der Waals surface area contributed by atoms with Gasteiger partial charge in [-0.25, -0.2) is 0 Å². The standard InChI is InChI=1S/C17H24N2O3/c1-21-10-8-18-17(20)15-11-13-7-9-19(12-16(13)22-15)14-5-3-2-4-6-14/h2-6,13,15-16H,7-12H2,1H3,(H,18,20)/t13-,15+,16+/m0/s1. The Hall–Kier alpha value is -1.59. The van der Waals surface area contributed by atoms with Gasteiger partial charge in [0, 0.05) is 32.4 Å². The lowest BCUT2D eigenvalue weighted by molar-refractivity contribution is -0.132. The van der Waals surface area contributed by atoms with Crippen LogP contribution in [0.25, 0.3) is 0 Å². The maximum Gasteiger partial charge on any atom is 0.249 e. The highest BCUT2D eigenvalue weighted by atomic mass is 16.5. The molecule has 0 radical (unpaired) electrons. The van der Waals surface area contributed by atoms with Crippen LogP contribution in [0.5, 0.6) is 0 Å². The number of hydrogen-bond acceptors (Lipinski definition) is 4. The maximum absolute atomic E-state index is 12.1. The third-order valence-electron chi connectivity index (χ3n) is 4.57. The number of fused-ring (bicyclic) bond motifs is 1. The van der Waals surface area contributed by atoms with E-state index in [0.717, 1.165) is 25.9 Å². The summed E-state index contributed by atoms with van der Waals surface area (Å²) in [4.78, 5) is 14.5. The molecule has 0 aromatic heterocycles. The summed E-state index contributed by atoms with van der Waals surface area (Å²) >= 11 is 0. The number of benzene rings is 1. The molecule has 2 fully saturated rings. The lowest BCUT2D eigenvalue weighted by atomic mass is 9.91. The Kier molecular flexibility index (Phi) is 4.95. The van der Waals surface area contributed by atoms with E-state index in [1.165, 1.54) is 5.69 Å². The summed E-state index contributed by atoms with van der Waals surface area (Å²) in [5.74, 6) is 0.496. The summed E-state index contributed by atoms with van der Waals surface area (Å²) in [7, 11) is 1.63. The molecular formula is C17H24N2O3. The molecule has 2 aliphatic rings. The molecule has 2 heterocycles. The first-order chi connectivity index (χ1) is 10.8. The van der Waals surface area contributed by atoms with Crippen molar-refractivity contribution in [2.75, 3.05) is 38.3 Å². The highest BCUT2D eigenvalue weighted by Crippen LogP contribution is 2.34. The van der Waals surface area contributed by atoms with E-state index in [1.54, 1.807) is 7.11 Å². The van der Waals surface area contributed by atoms with E-state index >= 15 is 0 Å². The molecule has 22 heavy (non-hydrogen) atoms. The number of hydrogen-bond donors (Lipinski definition) is 1. The van der Waals surface area contributed by atoms with Crippen LogP contribution in [0.1, 0.15) is 12.8 Å². The van der Waals surface area contributed by atoms with Gasteiger partial charge < -0.3 is 19.7 Å². The van der Waals surface area contributed by atoms with Crippen molar-refractivity contribution in [1.82, 2.24) is 5.32 Å². The number of methoxy groups -OCH3 is 1. The fraction of sp³-hybridized carbons (Fsp3) is 0.588. The molecule has 5 heteroatoms. The molecule has 0 spiro atoms. The van der Waals surface area contributed by atoms with Crippen molar-refractivity contribution in [2.45, 2.75) is 25.0 Å². The third kappa shape index (κ3) is 3.42. The highest BCUT2D eigenvalue weighted by Gasteiger charge is 2.41. The van der Waals surface area contributed by atoms with Crippen LogP contribution < -0.4 is 10.2 Å². The van der Waals surface area contributed by atoms with E-state index < -0.39 is 0 Å². The summed E-state index contributed by atoms with van der Waals surface area (Å²) in [6, 6.07) is 10.4. The molecule has 120 valence electrons. The molecule has 0 aliphatic carbocycles. The first-order valence-electron chi connectivity index (χ1n) is 8.00. The van der Waals surface area contributed by atoms with Crippen LogP contribution in [0.3, 0.4) is 0 Å². The molecule has 0 unspecified atom stereocenters. The van der Waals surface area contributed by atoms with E-state index in [-0.39, 0.29) is 18.1 Å². The number of nitrogens with zero attached hydrogens (tertiary/aromatic N) is 1. The van der Waals surface area contributed by atoms with Gasteiger partial charge in [0.15, 0.2) is 0 Å². The molecule has 0 bridgehead atoms. The predicted octanol–water partition coefficient (Wildman–Crippen LogP) is 1.43. The van der Waals surface area contributed by atoms with Crippen molar-refractivity contribution >= 4 is 11.6 Å². The fourth-order valence-corrected chi connectivity index (χ4v) is 3.36. The second-order valence-electron chi connectivity index (χ2n) is 6.01. The predicted molar refractivity (Wildman–Crippen MR) is 84.9 cm³/mol.